The highest BCUT2D eigenvalue weighted by Crippen LogP contribution is 2.34. The van der Waals surface area contributed by atoms with E-state index in [9.17, 15) is 0 Å². The first kappa shape index (κ1) is 18.7. The summed E-state index contributed by atoms with van der Waals surface area (Å²) in [6.07, 6.45) is 5.77. The van der Waals surface area contributed by atoms with Crippen molar-refractivity contribution in [3.63, 3.8) is 0 Å². The highest BCUT2D eigenvalue weighted by molar-refractivity contribution is 14.1. The lowest BCUT2D eigenvalue weighted by Gasteiger charge is -2.28. The standard InChI is InChI=1S/C21H22I2/c1-5-7-15-13-17(9-11-19(15)22)21(3,4)18-10-12-20(23)16(14-18)8-6-2/h5-6,9-14H,1-2,7-8H2,3-4H3. The second kappa shape index (κ2) is 7.97. The highest BCUT2D eigenvalue weighted by Gasteiger charge is 2.24. The normalized spacial score (nSPS) is 11.3. The zero-order chi connectivity index (χ0) is 17.0. The van der Waals surface area contributed by atoms with Crippen molar-refractivity contribution in [1.29, 1.82) is 0 Å². The Labute approximate surface area is 167 Å². The van der Waals surface area contributed by atoms with Crippen molar-refractivity contribution >= 4 is 45.2 Å². The van der Waals surface area contributed by atoms with E-state index in [0.29, 0.717) is 0 Å². The van der Waals surface area contributed by atoms with Gasteiger partial charge in [-0.15, -0.1) is 13.2 Å². The molecule has 0 saturated carbocycles. The van der Waals surface area contributed by atoms with Gasteiger partial charge in [0.1, 0.15) is 0 Å². The van der Waals surface area contributed by atoms with Crippen molar-refractivity contribution in [2.75, 3.05) is 0 Å². The van der Waals surface area contributed by atoms with Crippen LogP contribution in [-0.4, -0.2) is 0 Å². The third-order valence-corrected chi connectivity index (χ3v) is 6.37. The second-order valence-electron chi connectivity index (χ2n) is 6.22. The van der Waals surface area contributed by atoms with Gasteiger partial charge >= 0.3 is 0 Å². The lowest BCUT2D eigenvalue weighted by Crippen LogP contribution is -2.20. The lowest BCUT2D eigenvalue weighted by atomic mass is 9.77. The van der Waals surface area contributed by atoms with Crippen molar-refractivity contribution in [3.8, 4) is 0 Å². The number of allylic oxidation sites excluding steroid dienone is 2. The van der Waals surface area contributed by atoms with Crippen LogP contribution in [0.15, 0.2) is 61.7 Å². The first-order chi connectivity index (χ1) is 10.9. The maximum Gasteiger partial charge on any atom is 0.0165 e. The first-order valence-corrected chi connectivity index (χ1v) is 9.85. The second-order valence-corrected chi connectivity index (χ2v) is 8.55. The molecule has 0 unspecified atom stereocenters. The summed E-state index contributed by atoms with van der Waals surface area (Å²) in [5.74, 6) is 0. The third-order valence-electron chi connectivity index (χ3n) is 4.26. The molecule has 0 saturated heterocycles. The van der Waals surface area contributed by atoms with Crippen molar-refractivity contribution < 1.29 is 0 Å². The fourth-order valence-corrected chi connectivity index (χ4v) is 3.83. The smallest absolute Gasteiger partial charge is 0.0165 e. The number of benzene rings is 2. The summed E-state index contributed by atoms with van der Waals surface area (Å²) >= 11 is 4.81. The van der Waals surface area contributed by atoms with Gasteiger partial charge in [-0.3, -0.25) is 0 Å². The van der Waals surface area contributed by atoms with Gasteiger partial charge in [-0.2, -0.15) is 0 Å². The van der Waals surface area contributed by atoms with Gasteiger partial charge in [0, 0.05) is 12.6 Å². The minimum Gasteiger partial charge on any atom is -0.103 e. The number of rotatable bonds is 6. The zero-order valence-corrected chi connectivity index (χ0v) is 18.0. The van der Waals surface area contributed by atoms with Gasteiger partial charge < -0.3 is 0 Å². The highest BCUT2D eigenvalue weighted by atomic mass is 127. The summed E-state index contributed by atoms with van der Waals surface area (Å²) in [4.78, 5) is 0. The van der Waals surface area contributed by atoms with Crippen LogP contribution in [0.3, 0.4) is 0 Å². The molecule has 120 valence electrons. The monoisotopic (exact) mass is 528 g/mol. The lowest BCUT2D eigenvalue weighted by molar-refractivity contribution is 0.638. The van der Waals surface area contributed by atoms with Gasteiger partial charge in [-0.1, -0.05) is 50.3 Å². The van der Waals surface area contributed by atoms with Crippen molar-refractivity contribution in [2.45, 2.75) is 32.1 Å². The summed E-state index contributed by atoms with van der Waals surface area (Å²) in [5, 5.41) is 0. The SMILES string of the molecule is C=CCc1cc(C(C)(C)c2ccc(I)c(CC=C)c2)ccc1I. The Balaban J connectivity index is 2.49. The van der Waals surface area contributed by atoms with E-state index in [4.69, 9.17) is 0 Å². The maximum absolute atomic E-state index is 3.88. The molecule has 0 aromatic heterocycles. The molecule has 0 aliphatic rings. The molecule has 0 aliphatic carbocycles. The van der Waals surface area contributed by atoms with E-state index in [2.05, 4.69) is 109 Å². The van der Waals surface area contributed by atoms with Crippen LogP contribution in [0, 0.1) is 7.14 Å². The molecule has 0 aliphatic heterocycles. The molecule has 0 fully saturated rings. The number of hydrogen-bond acceptors (Lipinski definition) is 0. The molecule has 2 aromatic rings. The molecule has 0 spiro atoms. The Bertz CT molecular complexity index is 665. The van der Waals surface area contributed by atoms with E-state index >= 15 is 0 Å². The van der Waals surface area contributed by atoms with Crippen LogP contribution in [0.1, 0.15) is 36.1 Å². The molecular weight excluding hydrogens is 506 g/mol. The van der Waals surface area contributed by atoms with Crippen LogP contribution in [0.5, 0.6) is 0 Å². The number of halogens is 2. The Morgan fingerprint density at radius 3 is 1.57 bits per heavy atom. The zero-order valence-electron chi connectivity index (χ0n) is 13.7. The Morgan fingerprint density at radius 1 is 0.826 bits per heavy atom. The van der Waals surface area contributed by atoms with Crippen LogP contribution in [0.4, 0.5) is 0 Å². The summed E-state index contributed by atoms with van der Waals surface area (Å²) in [7, 11) is 0. The summed E-state index contributed by atoms with van der Waals surface area (Å²) in [5.41, 5.74) is 5.37. The minimum atomic E-state index is -0.0273. The Hall–Kier alpha value is -0.620. The van der Waals surface area contributed by atoms with Gasteiger partial charge in [0.25, 0.3) is 0 Å². The van der Waals surface area contributed by atoms with Crippen molar-refractivity contribution in [3.05, 3.63) is 91.1 Å². The molecule has 0 atom stereocenters. The molecule has 23 heavy (non-hydrogen) atoms. The predicted molar refractivity (Wildman–Crippen MR) is 118 cm³/mol. The van der Waals surface area contributed by atoms with Crippen LogP contribution in [0.2, 0.25) is 0 Å². The maximum atomic E-state index is 3.88. The summed E-state index contributed by atoms with van der Waals surface area (Å²) in [6.45, 7) is 12.3. The molecule has 0 radical (unpaired) electrons. The molecule has 0 amide bonds. The van der Waals surface area contributed by atoms with E-state index in [-0.39, 0.29) is 5.41 Å². The van der Waals surface area contributed by atoms with Gasteiger partial charge in [0.2, 0.25) is 0 Å². The number of hydrogen-bond donors (Lipinski definition) is 0. The van der Waals surface area contributed by atoms with Crippen LogP contribution in [-0.2, 0) is 18.3 Å². The van der Waals surface area contributed by atoms with Crippen molar-refractivity contribution in [2.24, 2.45) is 0 Å². The van der Waals surface area contributed by atoms with Gasteiger partial charge in [0.05, 0.1) is 0 Å². The van der Waals surface area contributed by atoms with Gasteiger partial charge in [-0.05, 0) is 92.4 Å². The molecule has 0 bridgehead atoms. The van der Waals surface area contributed by atoms with E-state index < -0.39 is 0 Å². The molecular formula is C21H22I2. The minimum absolute atomic E-state index is 0.0273. The van der Waals surface area contributed by atoms with Gasteiger partial charge in [-0.25, -0.2) is 0 Å². The predicted octanol–water partition coefficient (Wildman–Crippen LogP) is 6.68. The average Bonchev–Trinajstić information content (AvgIpc) is 2.51. The van der Waals surface area contributed by atoms with Crippen LogP contribution >= 0.6 is 45.2 Å². The van der Waals surface area contributed by atoms with E-state index in [1.54, 1.807) is 0 Å². The molecule has 0 heterocycles. The molecule has 2 rings (SSSR count). The average molecular weight is 528 g/mol. The Morgan fingerprint density at radius 2 is 1.22 bits per heavy atom. The summed E-state index contributed by atoms with van der Waals surface area (Å²) < 4.78 is 2.61. The topological polar surface area (TPSA) is 0 Å². The molecule has 2 aromatic carbocycles. The van der Waals surface area contributed by atoms with Crippen LogP contribution < -0.4 is 0 Å². The van der Waals surface area contributed by atoms with E-state index in [0.717, 1.165) is 12.8 Å². The fourth-order valence-electron chi connectivity index (χ4n) is 2.72. The first-order valence-electron chi connectivity index (χ1n) is 7.69. The largest absolute Gasteiger partial charge is 0.103 e. The van der Waals surface area contributed by atoms with Crippen LogP contribution in [0.25, 0.3) is 0 Å². The Kier molecular flexibility index (Phi) is 6.48. The van der Waals surface area contributed by atoms with Gasteiger partial charge in [0.15, 0.2) is 0 Å². The molecule has 0 N–H and O–H groups in total. The quantitative estimate of drug-likeness (QED) is 0.290. The molecule has 2 heteroatoms. The fraction of sp³-hybridized carbons (Fsp3) is 0.238. The van der Waals surface area contributed by atoms with E-state index in [1.807, 2.05) is 12.2 Å². The third kappa shape index (κ3) is 4.27. The summed E-state index contributed by atoms with van der Waals surface area (Å²) in [6, 6.07) is 13.6. The molecule has 0 nitrogen and oxygen atoms in total. The van der Waals surface area contributed by atoms with Crippen molar-refractivity contribution in [1.82, 2.24) is 0 Å². The van der Waals surface area contributed by atoms with E-state index in [1.165, 1.54) is 29.4 Å².